The lowest BCUT2D eigenvalue weighted by atomic mass is 10.2. The largest absolute Gasteiger partial charge is 0.491 e. The topological polar surface area (TPSA) is 106 Å². The third-order valence-electron chi connectivity index (χ3n) is 3.78. The van der Waals surface area contributed by atoms with Crippen LogP contribution in [0.3, 0.4) is 0 Å². The van der Waals surface area contributed by atoms with Gasteiger partial charge in [0.25, 0.3) is 0 Å². The summed E-state index contributed by atoms with van der Waals surface area (Å²) < 4.78 is 24.5. The SMILES string of the molecule is CC.CC.COCCOc1ccc(Nc2ncc(F)c(Nc3cccc(C(=O)O)c3)n2)cc1. The van der Waals surface area contributed by atoms with E-state index in [4.69, 9.17) is 14.6 Å². The Morgan fingerprint density at radius 3 is 2.33 bits per heavy atom. The van der Waals surface area contributed by atoms with E-state index >= 15 is 0 Å². The molecule has 0 fully saturated rings. The molecule has 9 heteroatoms. The van der Waals surface area contributed by atoms with E-state index in [-0.39, 0.29) is 17.3 Å². The number of anilines is 4. The zero-order valence-corrected chi connectivity index (χ0v) is 19.6. The number of aromatic carboxylic acids is 1. The highest BCUT2D eigenvalue weighted by Gasteiger charge is 2.10. The number of benzene rings is 2. The van der Waals surface area contributed by atoms with Crippen LogP contribution in [0.25, 0.3) is 0 Å². The number of carbonyl (C=O) groups is 1. The summed E-state index contributed by atoms with van der Waals surface area (Å²) in [5.41, 5.74) is 1.16. The predicted molar refractivity (Wildman–Crippen MR) is 128 cm³/mol. The van der Waals surface area contributed by atoms with Gasteiger partial charge in [-0.15, -0.1) is 0 Å². The Hall–Kier alpha value is -3.72. The van der Waals surface area contributed by atoms with Crippen molar-refractivity contribution in [3.05, 3.63) is 66.1 Å². The first-order chi connectivity index (χ1) is 16.0. The highest BCUT2D eigenvalue weighted by Crippen LogP contribution is 2.22. The number of halogens is 1. The summed E-state index contributed by atoms with van der Waals surface area (Å²) in [4.78, 5) is 19.1. The average molecular weight is 459 g/mol. The number of nitrogens with one attached hydrogen (secondary N) is 2. The van der Waals surface area contributed by atoms with Crippen molar-refractivity contribution < 1.29 is 23.8 Å². The van der Waals surface area contributed by atoms with Crippen LogP contribution >= 0.6 is 0 Å². The normalized spacial score (nSPS) is 9.52. The zero-order chi connectivity index (χ0) is 24.6. The minimum absolute atomic E-state index is 0.0791. The van der Waals surface area contributed by atoms with Gasteiger partial charge < -0.3 is 25.2 Å². The van der Waals surface area contributed by atoms with E-state index in [9.17, 15) is 9.18 Å². The molecule has 0 saturated carbocycles. The molecule has 0 aliphatic carbocycles. The summed E-state index contributed by atoms with van der Waals surface area (Å²) in [7, 11) is 1.60. The Bertz CT molecular complexity index is 984. The molecule has 0 spiro atoms. The molecule has 0 radical (unpaired) electrons. The van der Waals surface area contributed by atoms with Crippen molar-refractivity contribution in [1.82, 2.24) is 9.97 Å². The van der Waals surface area contributed by atoms with Gasteiger partial charge in [-0.1, -0.05) is 33.8 Å². The van der Waals surface area contributed by atoms with Gasteiger partial charge in [0.1, 0.15) is 12.4 Å². The number of hydrogen-bond acceptors (Lipinski definition) is 7. The number of ether oxygens (including phenoxy) is 2. The first-order valence-electron chi connectivity index (χ1n) is 10.7. The van der Waals surface area contributed by atoms with E-state index < -0.39 is 11.8 Å². The molecule has 3 aromatic rings. The molecule has 0 aliphatic rings. The van der Waals surface area contributed by atoms with Crippen LogP contribution in [0, 0.1) is 5.82 Å². The Morgan fingerprint density at radius 1 is 1.00 bits per heavy atom. The van der Waals surface area contributed by atoms with Crippen LogP contribution in [0.4, 0.5) is 27.5 Å². The molecular formula is C24H31FN4O4. The second kappa shape index (κ2) is 15.1. The lowest BCUT2D eigenvalue weighted by molar-refractivity contribution is 0.0697. The summed E-state index contributed by atoms with van der Waals surface area (Å²) in [6.07, 6.45) is 1.03. The van der Waals surface area contributed by atoms with E-state index in [1.165, 1.54) is 12.1 Å². The average Bonchev–Trinajstić information content (AvgIpc) is 2.85. The zero-order valence-electron chi connectivity index (χ0n) is 19.6. The van der Waals surface area contributed by atoms with Gasteiger partial charge in [-0.3, -0.25) is 0 Å². The maximum atomic E-state index is 14.1. The second-order valence-corrected chi connectivity index (χ2v) is 5.89. The molecule has 0 unspecified atom stereocenters. The maximum absolute atomic E-state index is 14.1. The monoisotopic (exact) mass is 458 g/mol. The molecule has 0 bridgehead atoms. The fourth-order valence-corrected chi connectivity index (χ4v) is 2.39. The van der Waals surface area contributed by atoms with Crippen LogP contribution in [0.2, 0.25) is 0 Å². The second-order valence-electron chi connectivity index (χ2n) is 5.89. The standard InChI is InChI=1S/C20H19FN4O4.2C2H6/c1-28-9-10-29-16-7-5-14(6-8-16)24-20-22-12-17(21)18(25-20)23-15-4-2-3-13(11-15)19(26)27;2*1-2/h2-8,11-12H,9-10H2,1H3,(H,26,27)(H2,22,23,24,25);2*1-2H3. The van der Waals surface area contributed by atoms with E-state index in [1.54, 1.807) is 43.5 Å². The molecule has 1 aromatic heterocycles. The molecule has 0 saturated heterocycles. The van der Waals surface area contributed by atoms with Crippen molar-refractivity contribution in [2.24, 2.45) is 0 Å². The van der Waals surface area contributed by atoms with Crippen molar-refractivity contribution >= 4 is 29.1 Å². The third-order valence-corrected chi connectivity index (χ3v) is 3.78. The van der Waals surface area contributed by atoms with Gasteiger partial charge in [0, 0.05) is 18.5 Å². The van der Waals surface area contributed by atoms with Crippen molar-refractivity contribution in [1.29, 1.82) is 0 Å². The lowest BCUT2D eigenvalue weighted by Crippen LogP contribution is -2.05. The van der Waals surface area contributed by atoms with Crippen LogP contribution in [-0.4, -0.2) is 41.4 Å². The van der Waals surface area contributed by atoms with Gasteiger partial charge in [-0.2, -0.15) is 4.98 Å². The van der Waals surface area contributed by atoms with Crippen LogP contribution in [-0.2, 0) is 4.74 Å². The van der Waals surface area contributed by atoms with Crippen molar-refractivity contribution in [3.63, 3.8) is 0 Å². The van der Waals surface area contributed by atoms with Gasteiger partial charge in [-0.05, 0) is 42.5 Å². The molecule has 3 N–H and O–H groups in total. The maximum Gasteiger partial charge on any atom is 0.335 e. The molecule has 1 heterocycles. The summed E-state index contributed by atoms with van der Waals surface area (Å²) in [5.74, 6) is -0.957. The summed E-state index contributed by atoms with van der Waals surface area (Å²) in [6, 6.07) is 13.1. The van der Waals surface area contributed by atoms with Gasteiger partial charge >= 0.3 is 5.97 Å². The number of carboxylic acids is 1. The molecule has 0 amide bonds. The highest BCUT2D eigenvalue weighted by molar-refractivity contribution is 5.89. The number of methoxy groups -OCH3 is 1. The predicted octanol–water partition coefficient (Wildman–Crippen LogP) is 5.88. The van der Waals surface area contributed by atoms with Gasteiger partial charge in [0.2, 0.25) is 5.95 Å². The number of aromatic nitrogens is 2. The quantitative estimate of drug-likeness (QED) is 0.342. The molecule has 8 nitrogen and oxygen atoms in total. The Balaban J connectivity index is 0.00000129. The molecular weight excluding hydrogens is 427 g/mol. The smallest absolute Gasteiger partial charge is 0.335 e. The minimum Gasteiger partial charge on any atom is -0.491 e. The van der Waals surface area contributed by atoms with Crippen LogP contribution in [0.5, 0.6) is 5.75 Å². The number of nitrogens with zero attached hydrogens (tertiary/aromatic N) is 2. The van der Waals surface area contributed by atoms with E-state index in [2.05, 4.69) is 20.6 Å². The Morgan fingerprint density at radius 2 is 1.70 bits per heavy atom. The van der Waals surface area contributed by atoms with E-state index in [1.807, 2.05) is 27.7 Å². The molecule has 0 atom stereocenters. The fourth-order valence-electron chi connectivity index (χ4n) is 2.39. The van der Waals surface area contributed by atoms with Gasteiger partial charge in [0.05, 0.1) is 18.4 Å². The van der Waals surface area contributed by atoms with Gasteiger partial charge in [-0.25, -0.2) is 14.2 Å². The Labute approximate surface area is 193 Å². The number of hydrogen-bond donors (Lipinski definition) is 3. The van der Waals surface area contributed by atoms with Crippen LogP contribution < -0.4 is 15.4 Å². The first-order valence-corrected chi connectivity index (χ1v) is 10.7. The van der Waals surface area contributed by atoms with E-state index in [0.29, 0.717) is 30.3 Å². The molecule has 178 valence electrons. The Kier molecular flexibility index (Phi) is 12.5. The van der Waals surface area contributed by atoms with E-state index in [0.717, 1.165) is 6.20 Å². The summed E-state index contributed by atoms with van der Waals surface area (Å²) in [5, 5.41) is 14.8. The van der Waals surface area contributed by atoms with Crippen LogP contribution in [0.15, 0.2) is 54.7 Å². The summed E-state index contributed by atoms with van der Waals surface area (Å²) in [6.45, 7) is 8.94. The fraction of sp³-hybridized carbons (Fsp3) is 0.292. The molecule has 0 aliphatic heterocycles. The number of carboxylic acid groups (broad SMARTS) is 1. The first kappa shape index (κ1) is 27.3. The molecule has 33 heavy (non-hydrogen) atoms. The summed E-state index contributed by atoms with van der Waals surface area (Å²) >= 11 is 0. The number of rotatable bonds is 9. The molecule has 3 rings (SSSR count). The third kappa shape index (κ3) is 9.12. The van der Waals surface area contributed by atoms with Crippen molar-refractivity contribution in [3.8, 4) is 5.75 Å². The lowest BCUT2D eigenvalue weighted by Gasteiger charge is -2.10. The van der Waals surface area contributed by atoms with Crippen LogP contribution in [0.1, 0.15) is 38.1 Å². The van der Waals surface area contributed by atoms with Crippen molar-refractivity contribution in [2.75, 3.05) is 31.0 Å². The molecule has 2 aromatic carbocycles. The van der Waals surface area contributed by atoms with Gasteiger partial charge in [0.15, 0.2) is 11.6 Å². The highest BCUT2D eigenvalue weighted by atomic mass is 19.1. The van der Waals surface area contributed by atoms with Crippen molar-refractivity contribution in [2.45, 2.75) is 27.7 Å². The minimum atomic E-state index is -1.08.